The molecule has 0 aliphatic carbocycles. The molecule has 1 saturated heterocycles. The lowest BCUT2D eigenvalue weighted by Crippen LogP contribution is -2.46. The van der Waals surface area contributed by atoms with E-state index >= 15 is 0 Å². The number of anilines is 2. The summed E-state index contributed by atoms with van der Waals surface area (Å²) < 4.78 is 0. The van der Waals surface area contributed by atoms with E-state index in [0.717, 1.165) is 42.7 Å². The van der Waals surface area contributed by atoms with Gasteiger partial charge in [0.15, 0.2) is 5.13 Å². The predicted molar refractivity (Wildman–Crippen MR) is 85.3 cm³/mol. The average Bonchev–Trinajstić information content (AvgIpc) is 2.79. The smallest absolute Gasteiger partial charge is 0.185 e. The fourth-order valence-corrected chi connectivity index (χ4v) is 3.47. The lowest BCUT2D eigenvalue weighted by Gasteiger charge is -2.35. The molecular formula is C14H17ClN4S. The molecule has 0 amide bonds. The topological polar surface area (TPSA) is 32.3 Å². The Morgan fingerprint density at radius 1 is 1.15 bits per heavy atom. The van der Waals surface area contributed by atoms with Crippen LogP contribution in [0.25, 0.3) is 0 Å². The average molecular weight is 309 g/mol. The first-order valence-electron chi connectivity index (χ1n) is 6.69. The molecule has 0 radical (unpaired) electrons. The Morgan fingerprint density at radius 2 is 1.85 bits per heavy atom. The first-order chi connectivity index (χ1) is 9.63. The van der Waals surface area contributed by atoms with Crippen LogP contribution in [0.2, 0.25) is 5.15 Å². The molecule has 1 aliphatic heterocycles. The van der Waals surface area contributed by atoms with Crippen molar-refractivity contribution in [2.24, 2.45) is 0 Å². The number of piperazine rings is 1. The second-order valence-corrected chi connectivity index (χ2v) is 6.52. The van der Waals surface area contributed by atoms with Crippen LogP contribution in [0.15, 0.2) is 18.3 Å². The first-order valence-corrected chi connectivity index (χ1v) is 7.88. The first kappa shape index (κ1) is 13.6. The van der Waals surface area contributed by atoms with Gasteiger partial charge in [-0.3, -0.25) is 0 Å². The van der Waals surface area contributed by atoms with Gasteiger partial charge in [-0.15, -0.1) is 11.3 Å². The molecule has 0 saturated carbocycles. The highest BCUT2D eigenvalue weighted by atomic mass is 35.5. The highest BCUT2D eigenvalue weighted by Crippen LogP contribution is 2.27. The normalized spacial score (nSPS) is 15.8. The van der Waals surface area contributed by atoms with Crippen molar-refractivity contribution in [3.05, 3.63) is 34.1 Å². The van der Waals surface area contributed by atoms with Crippen molar-refractivity contribution in [2.45, 2.75) is 13.8 Å². The summed E-state index contributed by atoms with van der Waals surface area (Å²) in [5, 5.41) is 1.70. The lowest BCUT2D eigenvalue weighted by atomic mass is 10.3. The lowest BCUT2D eigenvalue weighted by molar-refractivity contribution is 0.651. The molecule has 20 heavy (non-hydrogen) atoms. The van der Waals surface area contributed by atoms with Crippen LogP contribution in [-0.4, -0.2) is 36.1 Å². The number of halogens is 1. The summed E-state index contributed by atoms with van der Waals surface area (Å²) in [7, 11) is 0. The van der Waals surface area contributed by atoms with E-state index in [1.807, 2.05) is 12.1 Å². The number of aromatic nitrogens is 2. The Balaban J connectivity index is 1.67. The van der Waals surface area contributed by atoms with Gasteiger partial charge in [-0.05, 0) is 26.0 Å². The van der Waals surface area contributed by atoms with E-state index in [1.54, 1.807) is 17.5 Å². The zero-order valence-electron chi connectivity index (χ0n) is 11.6. The summed E-state index contributed by atoms with van der Waals surface area (Å²) in [5.41, 5.74) is 2.30. The Bertz CT molecular complexity index is 585. The fraction of sp³-hybridized carbons (Fsp3) is 0.429. The SMILES string of the molecule is Cc1nc(N2CCN(c3ccnc(Cl)c3)CC2)sc1C. The van der Waals surface area contributed by atoms with E-state index in [1.165, 1.54) is 4.88 Å². The van der Waals surface area contributed by atoms with Crippen molar-refractivity contribution in [2.75, 3.05) is 36.0 Å². The molecule has 1 fully saturated rings. The van der Waals surface area contributed by atoms with Crippen molar-refractivity contribution < 1.29 is 0 Å². The monoisotopic (exact) mass is 308 g/mol. The van der Waals surface area contributed by atoms with Gasteiger partial charge in [0.1, 0.15) is 5.15 Å². The van der Waals surface area contributed by atoms with Crippen LogP contribution >= 0.6 is 22.9 Å². The van der Waals surface area contributed by atoms with Crippen LogP contribution in [-0.2, 0) is 0 Å². The summed E-state index contributed by atoms with van der Waals surface area (Å²) in [5.74, 6) is 0. The third-order valence-electron chi connectivity index (χ3n) is 3.64. The van der Waals surface area contributed by atoms with Gasteiger partial charge in [-0.1, -0.05) is 11.6 Å². The second-order valence-electron chi connectivity index (χ2n) is 4.95. The van der Waals surface area contributed by atoms with E-state index in [9.17, 15) is 0 Å². The molecule has 0 unspecified atom stereocenters. The molecule has 1 aliphatic rings. The van der Waals surface area contributed by atoms with Gasteiger partial charge >= 0.3 is 0 Å². The Labute approximate surface area is 128 Å². The van der Waals surface area contributed by atoms with Crippen LogP contribution in [0.3, 0.4) is 0 Å². The Morgan fingerprint density at radius 3 is 2.45 bits per heavy atom. The third-order valence-corrected chi connectivity index (χ3v) is 4.98. The standard InChI is InChI=1S/C14H17ClN4S/c1-10-11(2)20-14(17-10)19-7-5-18(6-8-19)12-3-4-16-13(15)9-12/h3-4,9H,5-8H2,1-2H3. The molecule has 0 spiro atoms. The molecule has 0 bridgehead atoms. The second kappa shape index (κ2) is 5.58. The quantitative estimate of drug-likeness (QED) is 0.798. The van der Waals surface area contributed by atoms with Gasteiger partial charge in [0.05, 0.1) is 5.69 Å². The zero-order chi connectivity index (χ0) is 14.1. The summed E-state index contributed by atoms with van der Waals surface area (Å²) in [6.07, 6.45) is 1.76. The minimum absolute atomic E-state index is 0.552. The van der Waals surface area contributed by atoms with E-state index in [4.69, 9.17) is 11.6 Å². The van der Waals surface area contributed by atoms with Crippen molar-refractivity contribution in [1.82, 2.24) is 9.97 Å². The van der Waals surface area contributed by atoms with Crippen molar-refractivity contribution in [1.29, 1.82) is 0 Å². The fourth-order valence-electron chi connectivity index (χ4n) is 2.34. The van der Waals surface area contributed by atoms with Crippen molar-refractivity contribution in [3.8, 4) is 0 Å². The van der Waals surface area contributed by atoms with Gasteiger partial charge in [0, 0.05) is 42.9 Å². The van der Waals surface area contributed by atoms with Gasteiger partial charge in [0.2, 0.25) is 0 Å². The molecule has 4 nitrogen and oxygen atoms in total. The summed E-state index contributed by atoms with van der Waals surface area (Å²) in [6.45, 7) is 8.16. The summed E-state index contributed by atoms with van der Waals surface area (Å²) >= 11 is 7.74. The van der Waals surface area contributed by atoms with E-state index < -0.39 is 0 Å². The van der Waals surface area contributed by atoms with E-state index in [0.29, 0.717) is 5.15 Å². The molecule has 106 valence electrons. The number of rotatable bonds is 2. The largest absolute Gasteiger partial charge is 0.368 e. The van der Waals surface area contributed by atoms with Crippen molar-refractivity contribution >= 4 is 33.8 Å². The number of aryl methyl sites for hydroxylation is 2. The van der Waals surface area contributed by atoms with Crippen LogP contribution < -0.4 is 9.80 Å². The van der Waals surface area contributed by atoms with Gasteiger partial charge < -0.3 is 9.80 Å². The van der Waals surface area contributed by atoms with Crippen LogP contribution in [0.5, 0.6) is 0 Å². The third kappa shape index (κ3) is 2.74. The molecular weight excluding hydrogens is 292 g/mol. The number of thiazole rings is 1. The maximum absolute atomic E-state index is 5.95. The molecule has 6 heteroatoms. The van der Waals surface area contributed by atoms with Crippen molar-refractivity contribution in [3.63, 3.8) is 0 Å². The minimum atomic E-state index is 0.552. The highest BCUT2D eigenvalue weighted by molar-refractivity contribution is 7.15. The Kier molecular flexibility index (Phi) is 3.81. The summed E-state index contributed by atoms with van der Waals surface area (Å²) in [4.78, 5) is 14.7. The number of hydrogen-bond donors (Lipinski definition) is 0. The van der Waals surface area contributed by atoms with Crippen LogP contribution in [0, 0.1) is 13.8 Å². The number of nitrogens with zero attached hydrogens (tertiary/aromatic N) is 4. The van der Waals surface area contributed by atoms with Gasteiger partial charge in [-0.25, -0.2) is 9.97 Å². The maximum atomic E-state index is 5.95. The Hall–Kier alpha value is -1.33. The minimum Gasteiger partial charge on any atom is -0.368 e. The molecule has 2 aromatic rings. The zero-order valence-corrected chi connectivity index (χ0v) is 13.2. The molecule has 3 heterocycles. The highest BCUT2D eigenvalue weighted by Gasteiger charge is 2.20. The van der Waals surface area contributed by atoms with Crippen LogP contribution in [0.4, 0.5) is 10.8 Å². The molecule has 3 rings (SSSR count). The predicted octanol–water partition coefficient (Wildman–Crippen LogP) is 3.13. The molecule has 0 atom stereocenters. The molecule has 0 aromatic carbocycles. The van der Waals surface area contributed by atoms with E-state index in [-0.39, 0.29) is 0 Å². The summed E-state index contributed by atoms with van der Waals surface area (Å²) in [6, 6.07) is 3.94. The molecule has 2 aromatic heterocycles. The van der Waals surface area contributed by atoms with E-state index in [2.05, 4.69) is 33.6 Å². The maximum Gasteiger partial charge on any atom is 0.185 e. The number of hydrogen-bond acceptors (Lipinski definition) is 5. The van der Waals surface area contributed by atoms with Gasteiger partial charge in [0.25, 0.3) is 0 Å². The molecule has 0 N–H and O–H groups in total. The number of pyridine rings is 1. The van der Waals surface area contributed by atoms with Crippen LogP contribution in [0.1, 0.15) is 10.6 Å². The van der Waals surface area contributed by atoms with Gasteiger partial charge in [-0.2, -0.15) is 0 Å².